The zero-order valence-corrected chi connectivity index (χ0v) is 17.2. The number of hydrogen-bond donors (Lipinski definition) is 1. The minimum atomic E-state index is -3.94. The quantitative estimate of drug-likeness (QED) is 0.648. The molecule has 3 aromatic rings. The second-order valence-corrected chi connectivity index (χ2v) is 9.01. The number of para-hydroxylation sites is 1. The van der Waals surface area contributed by atoms with E-state index in [1.54, 1.807) is 36.4 Å². The van der Waals surface area contributed by atoms with E-state index in [1.165, 1.54) is 25.2 Å². The molecule has 1 N–H and O–H groups in total. The molecule has 0 saturated heterocycles. The molecule has 1 amide bonds. The maximum atomic E-state index is 13.1. The normalized spacial score (nSPS) is 12.9. The summed E-state index contributed by atoms with van der Waals surface area (Å²) in [6.07, 6.45) is 0. The van der Waals surface area contributed by atoms with Crippen molar-refractivity contribution in [3.8, 4) is 11.5 Å². The molecule has 148 valence electrons. The van der Waals surface area contributed by atoms with Gasteiger partial charge in [0.25, 0.3) is 15.9 Å². The molecule has 0 saturated carbocycles. The van der Waals surface area contributed by atoms with Crippen LogP contribution in [0.25, 0.3) is 0 Å². The van der Waals surface area contributed by atoms with Crippen molar-refractivity contribution in [3.63, 3.8) is 0 Å². The van der Waals surface area contributed by atoms with Crippen LogP contribution >= 0.6 is 11.6 Å². The van der Waals surface area contributed by atoms with Crippen molar-refractivity contribution in [1.29, 1.82) is 0 Å². The van der Waals surface area contributed by atoms with Crippen LogP contribution in [0.1, 0.15) is 15.9 Å². The molecule has 0 unspecified atom stereocenters. The Bertz CT molecular complexity index is 1240. The summed E-state index contributed by atoms with van der Waals surface area (Å²) in [5.74, 6) is 0.340. The first-order chi connectivity index (χ1) is 13.8. The third-order valence-corrected chi connectivity index (χ3v) is 6.74. The highest BCUT2D eigenvalue weighted by molar-refractivity contribution is 7.92. The van der Waals surface area contributed by atoms with Crippen LogP contribution < -0.4 is 14.4 Å². The second kappa shape index (κ2) is 7.09. The van der Waals surface area contributed by atoms with Gasteiger partial charge in [-0.1, -0.05) is 29.8 Å². The van der Waals surface area contributed by atoms with E-state index in [9.17, 15) is 13.2 Å². The predicted octanol–water partition coefficient (Wildman–Crippen LogP) is 4.83. The number of nitrogens with zero attached hydrogens (tertiary/aromatic N) is 1. The fourth-order valence-corrected chi connectivity index (χ4v) is 4.61. The van der Waals surface area contributed by atoms with Crippen molar-refractivity contribution in [2.75, 3.05) is 16.7 Å². The van der Waals surface area contributed by atoms with Gasteiger partial charge in [-0.05, 0) is 55.0 Å². The van der Waals surface area contributed by atoms with E-state index in [2.05, 4.69) is 5.32 Å². The Balaban J connectivity index is 1.76. The molecule has 0 fully saturated rings. The van der Waals surface area contributed by atoms with Gasteiger partial charge in [0.15, 0.2) is 5.75 Å². The van der Waals surface area contributed by atoms with Gasteiger partial charge in [0, 0.05) is 7.05 Å². The Morgan fingerprint density at radius 3 is 2.52 bits per heavy atom. The lowest BCUT2D eigenvalue weighted by atomic mass is 10.2. The smallest absolute Gasteiger partial charge is 0.264 e. The monoisotopic (exact) mass is 428 g/mol. The highest BCUT2D eigenvalue weighted by atomic mass is 35.5. The molecule has 0 bridgehead atoms. The Kier molecular flexibility index (Phi) is 4.72. The topological polar surface area (TPSA) is 75.7 Å². The molecular weight excluding hydrogens is 412 g/mol. The van der Waals surface area contributed by atoms with Gasteiger partial charge in [-0.15, -0.1) is 0 Å². The number of halogens is 1. The van der Waals surface area contributed by atoms with Gasteiger partial charge in [-0.3, -0.25) is 9.10 Å². The number of carbonyl (C=O) groups is 1. The minimum Gasteiger partial charge on any atom is -0.454 e. The molecule has 4 rings (SSSR count). The summed E-state index contributed by atoms with van der Waals surface area (Å²) < 4.78 is 33.2. The summed E-state index contributed by atoms with van der Waals surface area (Å²) in [4.78, 5) is 12.7. The number of benzene rings is 3. The van der Waals surface area contributed by atoms with Crippen LogP contribution in [0.2, 0.25) is 5.02 Å². The minimum absolute atomic E-state index is 0.0421. The fourth-order valence-electron chi connectivity index (χ4n) is 3.06. The van der Waals surface area contributed by atoms with E-state index in [0.717, 1.165) is 9.87 Å². The molecule has 29 heavy (non-hydrogen) atoms. The van der Waals surface area contributed by atoms with E-state index in [1.807, 2.05) is 13.0 Å². The molecule has 3 aromatic carbocycles. The average molecular weight is 429 g/mol. The van der Waals surface area contributed by atoms with Gasteiger partial charge in [0.1, 0.15) is 5.75 Å². The first-order valence-corrected chi connectivity index (χ1v) is 10.6. The van der Waals surface area contributed by atoms with Crippen LogP contribution in [-0.2, 0) is 10.0 Å². The maximum absolute atomic E-state index is 13.1. The zero-order valence-electron chi connectivity index (χ0n) is 15.6. The molecule has 1 aliphatic heterocycles. The van der Waals surface area contributed by atoms with Crippen molar-refractivity contribution < 1.29 is 17.9 Å². The number of ether oxygens (including phenoxy) is 1. The molecule has 0 radical (unpaired) electrons. The number of sulfonamides is 1. The molecule has 0 atom stereocenters. The molecule has 1 aliphatic rings. The third-order valence-electron chi connectivity index (χ3n) is 4.65. The summed E-state index contributed by atoms with van der Waals surface area (Å²) in [6, 6.07) is 16.3. The molecule has 0 aliphatic carbocycles. The third kappa shape index (κ3) is 3.43. The Hall–Kier alpha value is -3.03. The van der Waals surface area contributed by atoms with Crippen molar-refractivity contribution in [1.82, 2.24) is 0 Å². The van der Waals surface area contributed by atoms with Crippen molar-refractivity contribution in [2.24, 2.45) is 0 Å². The largest absolute Gasteiger partial charge is 0.454 e. The first kappa shape index (κ1) is 19.3. The van der Waals surface area contributed by atoms with E-state index < -0.39 is 15.9 Å². The average Bonchev–Trinajstić information content (AvgIpc) is 2.83. The maximum Gasteiger partial charge on any atom is 0.264 e. The summed E-state index contributed by atoms with van der Waals surface area (Å²) in [5.41, 5.74) is 1.97. The Morgan fingerprint density at radius 1 is 1.00 bits per heavy atom. The number of fused-ring (bicyclic) bond motifs is 2. The van der Waals surface area contributed by atoms with Crippen LogP contribution in [0.15, 0.2) is 65.6 Å². The summed E-state index contributed by atoms with van der Waals surface area (Å²) in [5, 5.41) is 3.07. The van der Waals surface area contributed by atoms with Gasteiger partial charge in [0.05, 0.1) is 26.9 Å². The van der Waals surface area contributed by atoms with Crippen molar-refractivity contribution in [3.05, 3.63) is 76.8 Å². The predicted molar refractivity (Wildman–Crippen MR) is 113 cm³/mol. The second-order valence-electron chi connectivity index (χ2n) is 6.64. The number of amides is 1. The number of carbonyl (C=O) groups excluding carboxylic acids is 1. The van der Waals surface area contributed by atoms with Crippen molar-refractivity contribution >= 4 is 38.9 Å². The van der Waals surface area contributed by atoms with E-state index in [0.29, 0.717) is 22.1 Å². The van der Waals surface area contributed by atoms with Gasteiger partial charge < -0.3 is 10.1 Å². The first-order valence-electron chi connectivity index (χ1n) is 8.75. The molecule has 0 aromatic heterocycles. The highest BCUT2D eigenvalue weighted by Gasteiger charge is 2.27. The number of nitrogens with one attached hydrogen (secondary N) is 1. The number of anilines is 2. The number of aryl methyl sites for hydroxylation is 1. The highest BCUT2D eigenvalue weighted by Crippen LogP contribution is 2.38. The van der Waals surface area contributed by atoms with Gasteiger partial charge in [0.2, 0.25) is 0 Å². The van der Waals surface area contributed by atoms with E-state index >= 15 is 0 Å². The number of hydrogen-bond acceptors (Lipinski definition) is 4. The SMILES string of the molecule is Cc1ccc2c(c1)Oc1ccc(S(=O)(=O)N(C)c3ccccc3Cl)cc1C(=O)N2. The Morgan fingerprint density at radius 2 is 1.76 bits per heavy atom. The van der Waals surface area contributed by atoms with Crippen LogP contribution in [0.3, 0.4) is 0 Å². The van der Waals surface area contributed by atoms with Crippen LogP contribution in [-0.4, -0.2) is 21.4 Å². The van der Waals surface area contributed by atoms with Crippen molar-refractivity contribution in [2.45, 2.75) is 11.8 Å². The fraction of sp³-hybridized carbons (Fsp3) is 0.0952. The Labute approximate surface area is 173 Å². The summed E-state index contributed by atoms with van der Waals surface area (Å²) >= 11 is 6.15. The van der Waals surface area contributed by atoms with Crippen LogP contribution in [0, 0.1) is 6.92 Å². The van der Waals surface area contributed by atoms with Gasteiger partial charge >= 0.3 is 0 Å². The lowest BCUT2D eigenvalue weighted by molar-refractivity contribution is 0.102. The lowest BCUT2D eigenvalue weighted by Crippen LogP contribution is -2.27. The van der Waals surface area contributed by atoms with E-state index in [-0.39, 0.29) is 16.2 Å². The molecule has 0 spiro atoms. The molecule has 8 heteroatoms. The molecule has 1 heterocycles. The molecule has 6 nitrogen and oxygen atoms in total. The summed E-state index contributed by atoms with van der Waals surface area (Å²) in [6.45, 7) is 1.91. The molecular formula is C21H17ClN2O4S. The van der Waals surface area contributed by atoms with E-state index in [4.69, 9.17) is 16.3 Å². The van der Waals surface area contributed by atoms with Gasteiger partial charge in [-0.2, -0.15) is 0 Å². The summed E-state index contributed by atoms with van der Waals surface area (Å²) in [7, 11) is -2.53. The lowest BCUT2D eigenvalue weighted by Gasteiger charge is -2.21. The van der Waals surface area contributed by atoms with Crippen LogP contribution in [0.5, 0.6) is 11.5 Å². The number of rotatable bonds is 3. The van der Waals surface area contributed by atoms with Gasteiger partial charge in [-0.25, -0.2) is 8.42 Å². The zero-order chi connectivity index (χ0) is 20.8. The van der Waals surface area contributed by atoms with Crippen LogP contribution in [0.4, 0.5) is 11.4 Å². The standard InChI is InChI=1S/C21H17ClN2O4S/c1-13-7-9-17-20(11-13)28-19-10-8-14(12-15(19)21(25)23-17)29(26,27)24(2)18-6-4-3-5-16(18)22/h3-12H,1-2H3,(H,23,25).